The molecule has 0 bridgehead atoms. The molecule has 0 saturated heterocycles. The smallest absolute Gasteiger partial charge is 0.395 e. The minimum atomic E-state index is -4.52. The fourth-order valence-electron chi connectivity index (χ4n) is 1.26. The Kier molecular flexibility index (Phi) is 4.11. The quantitative estimate of drug-likeness (QED) is 0.867. The highest BCUT2D eigenvalue weighted by molar-refractivity contribution is 5.94. The lowest BCUT2D eigenvalue weighted by atomic mass is 10.2. The first-order valence-electron chi connectivity index (χ1n) is 4.73. The summed E-state index contributed by atoms with van der Waals surface area (Å²) >= 11 is 0. The molecule has 1 aromatic rings. The summed E-state index contributed by atoms with van der Waals surface area (Å²) in [7, 11) is 0. The lowest BCUT2D eigenvalue weighted by Crippen LogP contribution is -2.40. The molecule has 0 aliphatic rings. The molecule has 0 atom stereocenters. The topological polar surface area (TPSA) is 66.6 Å². The molecular formula is C9H11F3N2O3. The fraction of sp³-hybridized carbons (Fsp3) is 0.556. The van der Waals surface area contributed by atoms with Crippen LogP contribution in [0.25, 0.3) is 0 Å². The van der Waals surface area contributed by atoms with Crippen molar-refractivity contribution in [1.82, 2.24) is 10.1 Å². The second kappa shape index (κ2) is 5.17. The van der Waals surface area contributed by atoms with E-state index in [1.165, 1.54) is 6.92 Å². The van der Waals surface area contributed by atoms with Crippen LogP contribution in [0.4, 0.5) is 13.2 Å². The van der Waals surface area contributed by atoms with Crippen molar-refractivity contribution in [2.24, 2.45) is 0 Å². The van der Waals surface area contributed by atoms with Gasteiger partial charge in [0.05, 0.1) is 12.8 Å². The molecular weight excluding hydrogens is 241 g/mol. The predicted molar refractivity (Wildman–Crippen MR) is 50.3 cm³/mol. The highest BCUT2D eigenvalue weighted by Gasteiger charge is 2.34. The Morgan fingerprint density at radius 2 is 2.24 bits per heavy atom. The van der Waals surface area contributed by atoms with E-state index in [1.807, 2.05) is 0 Å². The number of rotatable bonds is 4. The Balaban J connectivity index is 2.84. The second-order valence-corrected chi connectivity index (χ2v) is 3.36. The SMILES string of the molecule is Cc1oncc1C(=O)N(CCO)CC(F)(F)F. The number of carbonyl (C=O) groups is 1. The summed E-state index contributed by atoms with van der Waals surface area (Å²) in [5.41, 5.74) is -0.0392. The highest BCUT2D eigenvalue weighted by Crippen LogP contribution is 2.18. The Labute approximate surface area is 94.8 Å². The summed E-state index contributed by atoms with van der Waals surface area (Å²) in [5, 5.41) is 12.0. The van der Waals surface area contributed by atoms with Gasteiger partial charge < -0.3 is 14.5 Å². The summed E-state index contributed by atoms with van der Waals surface area (Å²) in [6.45, 7) is -0.947. The molecule has 0 radical (unpaired) electrons. The summed E-state index contributed by atoms with van der Waals surface area (Å²) < 4.78 is 41.3. The predicted octanol–water partition coefficient (Wildman–Crippen LogP) is 0.980. The molecule has 17 heavy (non-hydrogen) atoms. The molecule has 0 aliphatic carbocycles. The fourth-order valence-corrected chi connectivity index (χ4v) is 1.26. The summed E-state index contributed by atoms with van der Waals surface area (Å²) in [4.78, 5) is 12.2. The van der Waals surface area contributed by atoms with Gasteiger partial charge in [-0.2, -0.15) is 13.2 Å². The van der Waals surface area contributed by atoms with E-state index in [-0.39, 0.29) is 11.3 Å². The second-order valence-electron chi connectivity index (χ2n) is 3.36. The van der Waals surface area contributed by atoms with Crippen LogP contribution < -0.4 is 0 Å². The zero-order valence-electron chi connectivity index (χ0n) is 8.99. The number of amides is 1. The van der Waals surface area contributed by atoms with E-state index in [4.69, 9.17) is 5.11 Å². The van der Waals surface area contributed by atoms with Crippen molar-refractivity contribution in [3.8, 4) is 0 Å². The maximum absolute atomic E-state index is 12.2. The van der Waals surface area contributed by atoms with Crippen molar-refractivity contribution in [2.45, 2.75) is 13.1 Å². The van der Waals surface area contributed by atoms with Crippen LogP contribution in [0, 0.1) is 6.92 Å². The van der Waals surface area contributed by atoms with Gasteiger partial charge >= 0.3 is 6.18 Å². The van der Waals surface area contributed by atoms with E-state index in [9.17, 15) is 18.0 Å². The third kappa shape index (κ3) is 3.74. The molecule has 0 aromatic carbocycles. The van der Waals surface area contributed by atoms with Gasteiger partial charge in [-0.25, -0.2) is 0 Å². The van der Waals surface area contributed by atoms with Crippen LogP contribution in [0.2, 0.25) is 0 Å². The monoisotopic (exact) mass is 252 g/mol. The molecule has 0 aliphatic heterocycles. The van der Waals surface area contributed by atoms with Crippen molar-refractivity contribution in [2.75, 3.05) is 19.7 Å². The normalized spacial score (nSPS) is 11.6. The molecule has 0 saturated carbocycles. The van der Waals surface area contributed by atoms with Crippen molar-refractivity contribution >= 4 is 5.91 Å². The maximum Gasteiger partial charge on any atom is 0.406 e. The van der Waals surface area contributed by atoms with Gasteiger partial charge in [-0.1, -0.05) is 5.16 Å². The molecule has 0 unspecified atom stereocenters. The van der Waals surface area contributed by atoms with Crippen LogP contribution in [0.15, 0.2) is 10.7 Å². The first kappa shape index (κ1) is 13.5. The summed E-state index contributed by atoms with van der Waals surface area (Å²) in [6.07, 6.45) is -3.46. The third-order valence-corrected chi connectivity index (χ3v) is 2.01. The number of aromatic nitrogens is 1. The van der Waals surface area contributed by atoms with Crippen molar-refractivity contribution in [1.29, 1.82) is 0 Å². The van der Waals surface area contributed by atoms with Gasteiger partial charge in [0.25, 0.3) is 5.91 Å². The van der Waals surface area contributed by atoms with Crippen LogP contribution in [0.1, 0.15) is 16.1 Å². The van der Waals surface area contributed by atoms with Crippen molar-refractivity contribution in [3.63, 3.8) is 0 Å². The van der Waals surface area contributed by atoms with Gasteiger partial charge in [-0.05, 0) is 6.92 Å². The zero-order chi connectivity index (χ0) is 13.1. The van der Waals surface area contributed by atoms with E-state index in [0.29, 0.717) is 4.90 Å². The summed E-state index contributed by atoms with van der Waals surface area (Å²) in [6, 6.07) is 0. The van der Waals surface area contributed by atoms with Crippen LogP contribution in [0.5, 0.6) is 0 Å². The van der Waals surface area contributed by atoms with Crippen LogP contribution >= 0.6 is 0 Å². The van der Waals surface area contributed by atoms with E-state index in [2.05, 4.69) is 9.68 Å². The van der Waals surface area contributed by atoms with Crippen LogP contribution in [0.3, 0.4) is 0 Å². The number of nitrogens with zero attached hydrogens (tertiary/aromatic N) is 2. The summed E-state index contributed by atoms with van der Waals surface area (Å²) in [5.74, 6) is -0.727. The number of alkyl halides is 3. The lowest BCUT2D eigenvalue weighted by molar-refractivity contribution is -0.141. The highest BCUT2D eigenvalue weighted by atomic mass is 19.4. The molecule has 0 fully saturated rings. The average molecular weight is 252 g/mol. The van der Waals surface area contributed by atoms with Gasteiger partial charge in [0.2, 0.25) is 0 Å². The Bertz CT molecular complexity index is 389. The van der Waals surface area contributed by atoms with E-state index >= 15 is 0 Å². The molecule has 1 N–H and O–H groups in total. The molecule has 1 aromatic heterocycles. The number of halogens is 3. The van der Waals surface area contributed by atoms with Gasteiger partial charge in [0.1, 0.15) is 17.9 Å². The maximum atomic E-state index is 12.2. The van der Waals surface area contributed by atoms with E-state index < -0.39 is 31.8 Å². The van der Waals surface area contributed by atoms with E-state index in [0.717, 1.165) is 6.20 Å². The minimum absolute atomic E-state index is 0.0392. The van der Waals surface area contributed by atoms with Gasteiger partial charge in [-0.15, -0.1) is 0 Å². The Morgan fingerprint density at radius 3 is 2.65 bits per heavy atom. The number of hydrogen-bond acceptors (Lipinski definition) is 4. The number of aliphatic hydroxyl groups excluding tert-OH is 1. The number of carbonyl (C=O) groups excluding carboxylic acids is 1. The largest absolute Gasteiger partial charge is 0.406 e. The Hall–Kier alpha value is -1.57. The van der Waals surface area contributed by atoms with Gasteiger partial charge in [0, 0.05) is 6.54 Å². The van der Waals surface area contributed by atoms with Crippen molar-refractivity contribution in [3.05, 3.63) is 17.5 Å². The molecule has 1 amide bonds. The molecule has 0 spiro atoms. The first-order valence-corrected chi connectivity index (χ1v) is 4.73. The molecule has 1 rings (SSSR count). The molecule has 96 valence electrons. The average Bonchev–Trinajstić information content (AvgIpc) is 2.61. The van der Waals surface area contributed by atoms with Crippen molar-refractivity contribution < 1.29 is 27.6 Å². The Morgan fingerprint density at radius 1 is 1.59 bits per heavy atom. The standard InChI is InChI=1S/C9H11F3N2O3/c1-6-7(4-13-17-6)8(16)14(2-3-15)5-9(10,11)12/h4,15H,2-3,5H2,1H3. The third-order valence-electron chi connectivity index (χ3n) is 2.01. The lowest BCUT2D eigenvalue weighted by Gasteiger charge is -2.22. The molecule has 1 heterocycles. The number of hydrogen-bond donors (Lipinski definition) is 1. The molecule has 8 heteroatoms. The zero-order valence-corrected chi connectivity index (χ0v) is 8.99. The minimum Gasteiger partial charge on any atom is -0.395 e. The number of aryl methyl sites for hydroxylation is 1. The van der Waals surface area contributed by atoms with Crippen LogP contribution in [-0.4, -0.2) is 46.9 Å². The molecule has 5 nitrogen and oxygen atoms in total. The number of aliphatic hydroxyl groups is 1. The van der Waals surface area contributed by atoms with Gasteiger partial charge in [-0.3, -0.25) is 4.79 Å². The first-order chi connectivity index (χ1) is 7.85. The van der Waals surface area contributed by atoms with E-state index in [1.54, 1.807) is 0 Å². The van der Waals surface area contributed by atoms with Gasteiger partial charge in [0.15, 0.2) is 0 Å². The van der Waals surface area contributed by atoms with Crippen LogP contribution in [-0.2, 0) is 0 Å².